The lowest BCUT2D eigenvalue weighted by molar-refractivity contribution is 0.185. The van der Waals surface area contributed by atoms with Crippen molar-refractivity contribution in [1.29, 1.82) is 0 Å². The highest BCUT2D eigenvalue weighted by molar-refractivity contribution is 5.24. The number of rotatable bonds is 3. The first kappa shape index (κ1) is 11.3. The van der Waals surface area contributed by atoms with Crippen LogP contribution in [0, 0.1) is 0 Å². The quantitative estimate of drug-likeness (QED) is 0.721. The zero-order chi connectivity index (χ0) is 11.4. The topological polar surface area (TPSA) is 16.1 Å². The van der Waals surface area contributed by atoms with Crippen molar-refractivity contribution in [3.63, 3.8) is 0 Å². The molecular formula is C14H20N2. The van der Waals surface area contributed by atoms with Gasteiger partial charge in [0.2, 0.25) is 0 Å². The summed E-state index contributed by atoms with van der Waals surface area (Å²) in [4.78, 5) is 6.63. The fourth-order valence-electron chi connectivity index (χ4n) is 2.53. The van der Waals surface area contributed by atoms with Crippen LogP contribution in [0.4, 0.5) is 0 Å². The van der Waals surface area contributed by atoms with Gasteiger partial charge in [-0.15, -0.1) is 0 Å². The molecule has 1 saturated heterocycles. The number of aromatic nitrogens is 1. The molecule has 1 aromatic heterocycles. The van der Waals surface area contributed by atoms with E-state index in [0.717, 1.165) is 0 Å². The molecule has 0 spiro atoms. The maximum Gasteiger partial charge on any atom is 0.0556 e. The minimum atomic E-state index is 0.378. The fourth-order valence-corrected chi connectivity index (χ4v) is 2.53. The van der Waals surface area contributed by atoms with Crippen molar-refractivity contribution < 1.29 is 0 Å². The Labute approximate surface area is 98.0 Å². The Hall–Kier alpha value is -1.15. The molecule has 1 aliphatic heterocycles. The average Bonchev–Trinajstić information content (AvgIpc) is 2.31. The van der Waals surface area contributed by atoms with Gasteiger partial charge in [-0.2, -0.15) is 0 Å². The van der Waals surface area contributed by atoms with E-state index in [4.69, 9.17) is 0 Å². The Morgan fingerprint density at radius 3 is 2.44 bits per heavy atom. The molecule has 2 heterocycles. The predicted molar refractivity (Wildman–Crippen MR) is 67.2 cm³/mol. The van der Waals surface area contributed by atoms with E-state index in [1.165, 1.54) is 43.5 Å². The zero-order valence-electron chi connectivity index (χ0n) is 10.0. The standard InChI is InChI=1S/C14H20N2/c1-12(2)14(13-6-8-15-9-7-13)16-10-4-3-5-11-16/h6-9,14H,1,3-5,10-11H2,2H3. The Bertz CT molecular complexity index is 339. The summed E-state index contributed by atoms with van der Waals surface area (Å²) >= 11 is 0. The minimum Gasteiger partial charge on any atom is -0.293 e. The van der Waals surface area contributed by atoms with Gasteiger partial charge in [0, 0.05) is 12.4 Å². The predicted octanol–water partition coefficient (Wildman–Crippen LogP) is 3.18. The first-order valence-corrected chi connectivity index (χ1v) is 6.08. The van der Waals surface area contributed by atoms with Gasteiger partial charge in [0.15, 0.2) is 0 Å². The highest BCUT2D eigenvalue weighted by Crippen LogP contribution is 2.29. The molecule has 0 bridgehead atoms. The first-order chi connectivity index (χ1) is 7.79. The van der Waals surface area contributed by atoms with Crippen LogP contribution in [0.3, 0.4) is 0 Å². The summed E-state index contributed by atoms with van der Waals surface area (Å²) in [6, 6.07) is 4.59. The minimum absolute atomic E-state index is 0.378. The monoisotopic (exact) mass is 216 g/mol. The Morgan fingerprint density at radius 1 is 1.25 bits per heavy atom. The second-order valence-corrected chi connectivity index (χ2v) is 4.63. The summed E-state index contributed by atoms with van der Waals surface area (Å²) in [5.74, 6) is 0. The number of hydrogen-bond acceptors (Lipinski definition) is 2. The van der Waals surface area contributed by atoms with Gasteiger partial charge in [0.05, 0.1) is 6.04 Å². The van der Waals surface area contributed by atoms with Gasteiger partial charge in [0.1, 0.15) is 0 Å². The van der Waals surface area contributed by atoms with Gasteiger partial charge >= 0.3 is 0 Å². The number of nitrogens with zero attached hydrogens (tertiary/aromatic N) is 2. The van der Waals surface area contributed by atoms with Crippen LogP contribution >= 0.6 is 0 Å². The van der Waals surface area contributed by atoms with Crippen molar-refractivity contribution in [3.05, 3.63) is 42.2 Å². The Kier molecular flexibility index (Phi) is 3.73. The molecule has 2 heteroatoms. The van der Waals surface area contributed by atoms with Gasteiger partial charge in [-0.1, -0.05) is 18.6 Å². The molecule has 2 rings (SSSR count). The molecule has 16 heavy (non-hydrogen) atoms. The van der Waals surface area contributed by atoms with E-state index in [-0.39, 0.29) is 0 Å². The van der Waals surface area contributed by atoms with Gasteiger partial charge < -0.3 is 0 Å². The fraction of sp³-hybridized carbons (Fsp3) is 0.500. The third-order valence-electron chi connectivity index (χ3n) is 3.24. The molecule has 0 aliphatic carbocycles. The van der Waals surface area contributed by atoms with Crippen molar-refractivity contribution in [2.75, 3.05) is 13.1 Å². The molecule has 0 N–H and O–H groups in total. The zero-order valence-corrected chi connectivity index (χ0v) is 10.0. The van der Waals surface area contributed by atoms with E-state index >= 15 is 0 Å². The molecule has 86 valence electrons. The van der Waals surface area contributed by atoms with Crippen LogP contribution in [0.15, 0.2) is 36.7 Å². The molecule has 0 amide bonds. The summed E-state index contributed by atoms with van der Waals surface area (Å²) in [5.41, 5.74) is 2.55. The van der Waals surface area contributed by atoms with Gasteiger partial charge in [0.25, 0.3) is 0 Å². The summed E-state index contributed by atoms with van der Waals surface area (Å²) in [5, 5.41) is 0. The summed E-state index contributed by atoms with van der Waals surface area (Å²) < 4.78 is 0. The van der Waals surface area contributed by atoms with Crippen molar-refractivity contribution >= 4 is 0 Å². The summed E-state index contributed by atoms with van der Waals surface area (Å²) in [6.45, 7) is 8.66. The molecule has 1 atom stereocenters. The van der Waals surface area contributed by atoms with Crippen LogP contribution in [0.5, 0.6) is 0 Å². The van der Waals surface area contributed by atoms with Crippen molar-refractivity contribution in [3.8, 4) is 0 Å². The van der Waals surface area contributed by atoms with Crippen LogP contribution in [0.1, 0.15) is 37.8 Å². The van der Waals surface area contributed by atoms with E-state index in [2.05, 4.69) is 35.5 Å². The maximum absolute atomic E-state index is 4.14. The lowest BCUT2D eigenvalue weighted by Crippen LogP contribution is -2.34. The molecule has 1 unspecified atom stereocenters. The average molecular weight is 216 g/mol. The number of piperidine rings is 1. The largest absolute Gasteiger partial charge is 0.293 e. The van der Waals surface area contributed by atoms with E-state index in [1.807, 2.05) is 12.4 Å². The van der Waals surface area contributed by atoms with E-state index in [9.17, 15) is 0 Å². The smallest absolute Gasteiger partial charge is 0.0556 e. The summed E-state index contributed by atoms with van der Waals surface area (Å²) in [7, 11) is 0. The van der Waals surface area contributed by atoms with Crippen molar-refractivity contribution in [1.82, 2.24) is 9.88 Å². The Morgan fingerprint density at radius 2 is 1.88 bits per heavy atom. The van der Waals surface area contributed by atoms with Gasteiger partial charge in [-0.25, -0.2) is 0 Å². The summed E-state index contributed by atoms with van der Waals surface area (Å²) in [6.07, 6.45) is 7.74. The second-order valence-electron chi connectivity index (χ2n) is 4.63. The molecule has 0 aromatic carbocycles. The van der Waals surface area contributed by atoms with Crippen LogP contribution in [-0.4, -0.2) is 23.0 Å². The van der Waals surface area contributed by atoms with Gasteiger partial charge in [-0.05, 0) is 50.6 Å². The molecule has 1 aromatic rings. The normalized spacial score (nSPS) is 19.3. The third-order valence-corrected chi connectivity index (χ3v) is 3.24. The van der Waals surface area contributed by atoms with Crippen molar-refractivity contribution in [2.45, 2.75) is 32.2 Å². The molecule has 1 aliphatic rings. The molecule has 0 saturated carbocycles. The third kappa shape index (κ3) is 2.50. The molecule has 0 radical (unpaired) electrons. The Balaban J connectivity index is 2.20. The van der Waals surface area contributed by atoms with E-state index in [1.54, 1.807) is 0 Å². The maximum atomic E-state index is 4.14. The van der Waals surface area contributed by atoms with E-state index in [0.29, 0.717) is 6.04 Å². The lowest BCUT2D eigenvalue weighted by Gasteiger charge is -2.35. The number of pyridine rings is 1. The highest BCUT2D eigenvalue weighted by atomic mass is 15.2. The van der Waals surface area contributed by atoms with Crippen LogP contribution in [0.25, 0.3) is 0 Å². The highest BCUT2D eigenvalue weighted by Gasteiger charge is 2.22. The van der Waals surface area contributed by atoms with Crippen molar-refractivity contribution in [2.24, 2.45) is 0 Å². The van der Waals surface area contributed by atoms with Crippen LogP contribution in [-0.2, 0) is 0 Å². The first-order valence-electron chi connectivity index (χ1n) is 6.08. The lowest BCUT2D eigenvalue weighted by atomic mass is 9.97. The van der Waals surface area contributed by atoms with Crippen LogP contribution < -0.4 is 0 Å². The molecule has 2 nitrogen and oxygen atoms in total. The molecular weight excluding hydrogens is 196 g/mol. The number of hydrogen-bond donors (Lipinski definition) is 0. The molecule has 1 fully saturated rings. The SMILES string of the molecule is C=C(C)C(c1ccncc1)N1CCCCC1. The second kappa shape index (κ2) is 5.26. The number of likely N-dealkylation sites (tertiary alicyclic amines) is 1. The van der Waals surface area contributed by atoms with Crippen LogP contribution in [0.2, 0.25) is 0 Å². The van der Waals surface area contributed by atoms with E-state index < -0.39 is 0 Å². The van der Waals surface area contributed by atoms with Gasteiger partial charge in [-0.3, -0.25) is 9.88 Å².